The van der Waals surface area contributed by atoms with Crippen molar-refractivity contribution in [2.75, 3.05) is 7.11 Å². The third-order valence-electron chi connectivity index (χ3n) is 4.69. The first-order valence-corrected chi connectivity index (χ1v) is 8.52. The van der Waals surface area contributed by atoms with Crippen molar-refractivity contribution in [1.29, 1.82) is 0 Å². The summed E-state index contributed by atoms with van der Waals surface area (Å²) >= 11 is 0. The maximum absolute atomic E-state index is 5.69. The lowest BCUT2D eigenvalue weighted by Crippen LogP contribution is -2.38. The van der Waals surface area contributed by atoms with Gasteiger partial charge >= 0.3 is 0 Å². The summed E-state index contributed by atoms with van der Waals surface area (Å²) in [5.74, 6) is 1.52. The van der Waals surface area contributed by atoms with Gasteiger partial charge < -0.3 is 9.15 Å². The smallest absolute Gasteiger partial charge is 0.226 e. The molecule has 1 aromatic heterocycles. The molecule has 0 aliphatic heterocycles. The van der Waals surface area contributed by atoms with E-state index in [-0.39, 0.29) is 0 Å². The molecule has 4 nitrogen and oxygen atoms in total. The molecule has 0 spiro atoms. The zero-order chi connectivity index (χ0) is 16.2. The largest absolute Gasteiger partial charge is 0.497 e. The van der Waals surface area contributed by atoms with Crippen LogP contribution in [0.4, 0.5) is 0 Å². The van der Waals surface area contributed by atoms with Gasteiger partial charge in [0.1, 0.15) is 12.0 Å². The highest BCUT2D eigenvalue weighted by atomic mass is 16.5. The summed E-state index contributed by atoms with van der Waals surface area (Å²) in [5, 5.41) is 0. The second kappa shape index (κ2) is 7.18. The van der Waals surface area contributed by atoms with Crippen LogP contribution in [0.5, 0.6) is 5.75 Å². The molecule has 124 valence electrons. The third kappa shape index (κ3) is 3.75. The van der Waals surface area contributed by atoms with Crippen molar-refractivity contribution in [1.82, 2.24) is 9.88 Å². The average Bonchev–Trinajstić information content (AvgIpc) is 3.24. The van der Waals surface area contributed by atoms with Gasteiger partial charge in [0.2, 0.25) is 5.89 Å². The van der Waals surface area contributed by atoms with E-state index in [1.807, 2.05) is 24.3 Å². The summed E-state index contributed by atoms with van der Waals surface area (Å²) in [6.07, 6.45) is 7.11. The maximum Gasteiger partial charge on any atom is 0.226 e. The van der Waals surface area contributed by atoms with E-state index in [4.69, 9.17) is 9.15 Å². The highest BCUT2D eigenvalue weighted by Crippen LogP contribution is 2.27. The van der Waals surface area contributed by atoms with E-state index in [9.17, 15) is 0 Å². The normalized spacial score (nSPS) is 15.7. The molecule has 0 radical (unpaired) electrons. The van der Waals surface area contributed by atoms with Crippen LogP contribution in [-0.2, 0) is 6.54 Å². The van der Waals surface area contributed by atoms with Crippen LogP contribution in [0.1, 0.15) is 45.2 Å². The summed E-state index contributed by atoms with van der Waals surface area (Å²) < 4.78 is 10.9. The van der Waals surface area contributed by atoms with Gasteiger partial charge in [-0.3, -0.25) is 4.90 Å². The quantitative estimate of drug-likeness (QED) is 0.786. The molecule has 0 N–H and O–H groups in total. The fourth-order valence-electron chi connectivity index (χ4n) is 3.40. The molecule has 4 heteroatoms. The Kier molecular flexibility index (Phi) is 5.01. The minimum Gasteiger partial charge on any atom is -0.497 e. The number of ether oxygens (including phenoxy) is 1. The van der Waals surface area contributed by atoms with Crippen molar-refractivity contribution in [2.45, 2.75) is 58.2 Å². The van der Waals surface area contributed by atoms with Crippen LogP contribution in [0.3, 0.4) is 0 Å². The van der Waals surface area contributed by atoms with Gasteiger partial charge in [0.05, 0.1) is 12.8 Å². The molecule has 1 aliphatic carbocycles. The van der Waals surface area contributed by atoms with E-state index in [1.165, 1.54) is 25.7 Å². The van der Waals surface area contributed by atoms with Crippen LogP contribution in [0.25, 0.3) is 11.5 Å². The second-order valence-electron chi connectivity index (χ2n) is 6.58. The Hall–Kier alpha value is -1.81. The third-order valence-corrected chi connectivity index (χ3v) is 4.69. The Morgan fingerprint density at radius 3 is 2.52 bits per heavy atom. The summed E-state index contributed by atoms with van der Waals surface area (Å²) in [6, 6.07) is 9.03. The van der Waals surface area contributed by atoms with Crippen molar-refractivity contribution in [3.63, 3.8) is 0 Å². The lowest BCUT2D eigenvalue weighted by atomic mass is 10.1. The van der Waals surface area contributed by atoms with E-state index < -0.39 is 0 Å². The molecular formula is C19H26N2O2. The van der Waals surface area contributed by atoms with Crippen LogP contribution in [0.15, 0.2) is 34.9 Å². The summed E-state index contributed by atoms with van der Waals surface area (Å²) in [5.41, 5.74) is 1.99. The fourth-order valence-corrected chi connectivity index (χ4v) is 3.40. The van der Waals surface area contributed by atoms with Crippen LogP contribution >= 0.6 is 0 Å². The zero-order valence-electron chi connectivity index (χ0n) is 14.3. The van der Waals surface area contributed by atoms with Crippen molar-refractivity contribution < 1.29 is 9.15 Å². The first kappa shape index (κ1) is 16.1. The topological polar surface area (TPSA) is 38.5 Å². The number of methoxy groups -OCH3 is 1. The van der Waals surface area contributed by atoms with Gasteiger partial charge in [0.15, 0.2) is 0 Å². The predicted molar refractivity (Wildman–Crippen MR) is 91.4 cm³/mol. The maximum atomic E-state index is 5.69. The number of rotatable bonds is 6. The molecule has 1 heterocycles. The van der Waals surface area contributed by atoms with Crippen LogP contribution in [0, 0.1) is 0 Å². The van der Waals surface area contributed by atoms with Gasteiger partial charge in [-0.05, 0) is 51.0 Å². The summed E-state index contributed by atoms with van der Waals surface area (Å²) in [6.45, 7) is 5.40. The first-order chi connectivity index (χ1) is 11.2. The van der Waals surface area contributed by atoms with E-state index in [1.54, 1.807) is 13.4 Å². The predicted octanol–water partition coefficient (Wildman–Crippen LogP) is 4.50. The fraction of sp³-hybridized carbons (Fsp3) is 0.526. The van der Waals surface area contributed by atoms with Crippen LogP contribution in [-0.4, -0.2) is 29.1 Å². The Labute approximate surface area is 138 Å². The van der Waals surface area contributed by atoms with E-state index in [0.29, 0.717) is 18.0 Å². The van der Waals surface area contributed by atoms with Crippen molar-refractivity contribution in [2.24, 2.45) is 0 Å². The van der Waals surface area contributed by atoms with Crippen LogP contribution < -0.4 is 4.74 Å². The average molecular weight is 314 g/mol. The zero-order valence-corrected chi connectivity index (χ0v) is 14.3. The highest BCUT2D eigenvalue weighted by molar-refractivity contribution is 5.54. The Morgan fingerprint density at radius 1 is 1.22 bits per heavy atom. The van der Waals surface area contributed by atoms with Gasteiger partial charge in [0.25, 0.3) is 0 Å². The lowest BCUT2D eigenvalue weighted by molar-refractivity contribution is 0.144. The van der Waals surface area contributed by atoms with E-state index in [2.05, 4.69) is 23.7 Å². The first-order valence-electron chi connectivity index (χ1n) is 8.52. The molecule has 1 aliphatic rings. The lowest BCUT2D eigenvalue weighted by Gasteiger charge is -2.31. The van der Waals surface area contributed by atoms with Crippen molar-refractivity contribution in [3.05, 3.63) is 36.2 Å². The van der Waals surface area contributed by atoms with Gasteiger partial charge in [0, 0.05) is 24.2 Å². The summed E-state index contributed by atoms with van der Waals surface area (Å²) in [7, 11) is 1.67. The molecule has 0 atom stereocenters. The molecule has 23 heavy (non-hydrogen) atoms. The van der Waals surface area contributed by atoms with Crippen molar-refractivity contribution in [3.8, 4) is 17.2 Å². The van der Waals surface area contributed by atoms with Gasteiger partial charge in [-0.1, -0.05) is 12.8 Å². The highest BCUT2D eigenvalue weighted by Gasteiger charge is 2.25. The number of oxazole rings is 1. The molecular weight excluding hydrogens is 288 g/mol. The molecule has 1 fully saturated rings. The molecule has 1 saturated carbocycles. The Morgan fingerprint density at radius 2 is 1.91 bits per heavy atom. The van der Waals surface area contributed by atoms with Crippen LogP contribution in [0.2, 0.25) is 0 Å². The van der Waals surface area contributed by atoms with Crippen molar-refractivity contribution >= 4 is 0 Å². The number of benzene rings is 1. The minimum absolute atomic E-state index is 0.527. The second-order valence-corrected chi connectivity index (χ2v) is 6.58. The Bertz CT molecular complexity index is 613. The molecule has 1 aromatic carbocycles. The molecule has 0 amide bonds. The Balaban J connectivity index is 1.72. The molecule has 0 bridgehead atoms. The number of aromatic nitrogens is 1. The standard InChI is InChI=1S/C19H26N2O2/c1-14(2)21(17-6-4-5-7-17)12-16-13-23-19(20-16)15-8-10-18(22-3)11-9-15/h8-11,13-14,17H,4-7,12H2,1-3H3. The number of hydrogen-bond acceptors (Lipinski definition) is 4. The molecule has 0 saturated heterocycles. The van der Waals surface area contributed by atoms with Gasteiger partial charge in [-0.25, -0.2) is 4.98 Å². The summed E-state index contributed by atoms with van der Waals surface area (Å²) in [4.78, 5) is 7.24. The molecule has 0 unspecified atom stereocenters. The van der Waals surface area contributed by atoms with Gasteiger partial charge in [-0.2, -0.15) is 0 Å². The van der Waals surface area contributed by atoms with E-state index in [0.717, 1.165) is 23.6 Å². The van der Waals surface area contributed by atoms with Gasteiger partial charge in [-0.15, -0.1) is 0 Å². The SMILES string of the molecule is COc1ccc(-c2nc(CN(C(C)C)C3CCCC3)co2)cc1. The van der Waals surface area contributed by atoms with E-state index >= 15 is 0 Å². The molecule has 2 aromatic rings. The minimum atomic E-state index is 0.527. The monoisotopic (exact) mass is 314 g/mol. The molecule has 3 rings (SSSR count). The number of nitrogens with zero attached hydrogens (tertiary/aromatic N) is 2. The number of hydrogen-bond donors (Lipinski definition) is 0.